The number of carbonyl (C=O) groups is 1. The lowest BCUT2D eigenvalue weighted by molar-refractivity contribution is -0.140. The first-order valence-electron chi connectivity index (χ1n) is 18.4. The molecule has 1 aromatic carbocycles. The molecule has 2 N–H and O–H groups in total. The molecule has 0 bridgehead atoms. The van der Waals surface area contributed by atoms with Crippen molar-refractivity contribution in [2.45, 2.75) is 89.4 Å². The highest BCUT2D eigenvalue weighted by Gasteiger charge is 2.47. The van der Waals surface area contributed by atoms with Gasteiger partial charge in [0, 0.05) is 56.0 Å². The van der Waals surface area contributed by atoms with Gasteiger partial charge < -0.3 is 25.0 Å². The average Bonchev–Trinajstić information content (AvgIpc) is 3.91. The van der Waals surface area contributed by atoms with Crippen LogP contribution >= 0.6 is 11.6 Å². The molecule has 0 aliphatic carbocycles. The third-order valence-electron chi connectivity index (χ3n) is 11.3. The Labute approximate surface area is 315 Å². The first-order valence-corrected chi connectivity index (χ1v) is 18.8. The number of fused-ring (bicyclic) bond motifs is 3. The van der Waals surface area contributed by atoms with Gasteiger partial charge in [0.1, 0.15) is 12.4 Å². The molecule has 11 nitrogen and oxygen atoms in total. The number of alkyl halides is 3. The fraction of sp³-hybridized carbons (Fsp3) is 0.526. The molecule has 3 aromatic rings. The second-order valence-corrected chi connectivity index (χ2v) is 15.1. The van der Waals surface area contributed by atoms with E-state index >= 15 is 0 Å². The van der Waals surface area contributed by atoms with Crippen LogP contribution in [0, 0.1) is 11.8 Å². The molecule has 3 fully saturated rings. The SMILES string of the molecule is CC#Cc1cc(N)cc([C@@H]2Cc3nc(OC[C@@]45CCCN4C/C(=C\F)C5)nc(N4CCCn5nc(C(=O)N6CCCC6)c(Cl)c5C4)c3CO2)c1C(F)(F)F. The third-order valence-corrected chi connectivity index (χ3v) is 11.7. The normalized spacial score (nSPS) is 23.5. The van der Waals surface area contributed by atoms with E-state index in [1.54, 1.807) is 9.58 Å². The summed E-state index contributed by atoms with van der Waals surface area (Å²) < 4.78 is 72.0. The Morgan fingerprint density at radius 2 is 1.94 bits per heavy atom. The number of aromatic nitrogens is 4. The minimum absolute atomic E-state index is 0.0141. The van der Waals surface area contributed by atoms with Gasteiger partial charge in [-0.1, -0.05) is 17.5 Å². The van der Waals surface area contributed by atoms with Gasteiger partial charge >= 0.3 is 12.2 Å². The van der Waals surface area contributed by atoms with Gasteiger partial charge in [0.25, 0.3) is 5.91 Å². The van der Waals surface area contributed by atoms with Gasteiger partial charge in [-0.25, -0.2) is 4.39 Å². The van der Waals surface area contributed by atoms with Crippen LogP contribution in [0.2, 0.25) is 5.02 Å². The number of likely N-dealkylation sites (tertiary alicyclic amines) is 1. The molecule has 16 heteroatoms. The number of benzene rings is 1. The summed E-state index contributed by atoms with van der Waals surface area (Å²) in [5, 5.41) is 4.93. The first kappa shape index (κ1) is 36.6. The van der Waals surface area contributed by atoms with Crippen molar-refractivity contribution in [1.29, 1.82) is 0 Å². The van der Waals surface area contributed by atoms with E-state index in [1.807, 2.05) is 4.90 Å². The first-order chi connectivity index (χ1) is 26.0. The largest absolute Gasteiger partial charge is 0.461 e. The number of hydrogen-bond acceptors (Lipinski definition) is 9. The van der Waals surface area contributed by atoms with Crippen LogP contribution in [0.1, 0.15) is 95.7 Å². The number of ether oxygens (including phenoxy) is 2. The van der Waals surface area contributed by atoms with Crippen LogP contribution in [-0.2, 0) is 37.0 Å². The Morgan fingerprint density at radius 3 is 2.70 bits per heavy atom. The number of aryl methyl sites for hydroxylation is 1. The Bertz CT molecular complexity index is 2070. The lowest BCUT2D eigenvalue weighted by Crippen LogP contribution is -2.43. The maximum Gasteiger partial charge on any atom is 0.417 e. The van der Waals surface area contributed by atoms with Crippen molar-refractivity contribution in [3.05, 3.63) is 68.4 Å². The molecule has 7 heterocycles. The van der Waals surface area contributed by atoms with Crippen LogP contribution in [0.4, 0.5) is 29.1 Å². The van der Waals surface area contributed by atoms with Crippen molar-refractivity contribution in [3.8, 4) is 17.9 Å². The van der Waals surface area contributed by atoms with Crippen LogP contribution in [0.5, 0.6) is 6.01 Å². The molecule has 5 aliphatic heterocycles. The molecular formula is C38H41ClF4N8O3. The standard InChI is InChI=1S/C38H41ClF4N8O3/c1-2-7-24-14-25(44)15-26(31(24)38(41,42)43)30-16-28-27(21-53-30)34(46-36(45-28)54-22-37-8-5-12-50(37)19-23(17-37)18-40)49-11-6-13-51-29(20-49)32(39)33(47-51)35(52)48-9-3-4-10-48/h14-15,18,30H,3-6,8-13,16-17,19-22,44H2,1H3/b23-18-/t30-,37-/m0/s1. The number of hydrogen-bond donors (Lipinski definition) is 1. The Kier molecular flexibility index (Phi) is 9.72. The number of anilines is 2. The van der Waals surface area contributed by atoms with Gasteiger partial charge in [-0.2, -0.15) is 28.2 Å². The second-order valence-electron chi connectivity index (χ2n) is 14.8. The zero-order valence-electron chi connectivity index (χ0n) is 29.9. The molecular weight excluding hydrogens is 728 g/mol. The van der Waals surface area contributed by atoms with E-state index in [0.29, 0.717) is 85.3 Å². The highest BCUT2D eigenvalue weighted by molar-refractivity contribution is 6.34. The minimum Gasteiger partial charge on any atom is -0.461 e. The Hall–Kier alpha value is -4.39. The fourth-order valence-electron chi connectivity index (χ4n) is 8.77. The van der Waals surface area contributed by atoms with E-state index in [2.05, 4.69) is 21.8 Å². The summed E-state index contributed by atoms with van der Waals surface area (Å²) in [4.78, 5) is 29.1. The molecule has 0 radical (unpaired) electrons. The van der Waals surface area contributed by atoms with Gasteiger partial charge in [0.15, 0.2) is 5.69 Å². The van der Waals surface area contributed by atoms with E-state index in [0.717, 1.165) is 32.2 Å². The molecule has 2 atom stereocenters. The van der Waals surface area contributed by atoms with Gasteiger partial charge in [-0.15, -0.1) is 5.92 Å². The average molecular weight is 769 g/mol. The molecule has 0 unspecified atom stereocenters. The number of amides is 1. The van der Waals surface area contributed by atoms with E-state index in [4.69, 9.17) is 36.8 Å². The quantitative estimate of drug-likeness (QED) is 0.177. The summed E-state index contributed by atoms with van der Waals surface area (Å²) in [6, 6.07) is 2.59. The summed E-state index contributed by atoms with van der Waals surface area (Å²) in [5.41, 5.74) is 7.32. The molecule has 0 spiro atoms. The van der Waals surface area contributed by atoms with E-state index in [1.165, 1.54) is 19.1 Å². The Balaban J connectivity index is 1.17. The van der Waals surface area contributed by atoms with Crippen LogP contribution in [0.3, 0.4) is 0 Å². The van der Waals surface area contributed by atoms with Crippen molar-refractivity contribution in [1.82, 2.24) is 29.5 Å². The summed E-state index contributed by atoms with van der Waals surface area (Å²) in [5.74, 6) is 5.44. The number of nitrogen functional groups attached to an aromatic ring is 1. The lowest BCUT2D eigenvalue weighted by Gasteiger charge is -2.33. The molecule has 54 heavy (non-hydrogen) atoms. The number of halogens is 5. The third kappa shape index (κ3) is 6.66. The van der Waals surface area contributed by atoms with Crippen LogP contribution in [0.25, 0.3) is 0 Å². The molecule has 2 aromatic heterocycles. The number of carbonyl (C=O) groups excluding carboxylic acids is 1. The smallest absolute Gasteiger partial charge is 0.417 e. The predicted octanol–water partition coefficient (Wildman–Crippen LogP) is 6.23. The number of nitrogens with zero attached hydrogens (tertiary/aromatic N) is 7. The number of nitrogens with two attached hydrogens (primary N) is 1. The van der Waals surface area contributed by atoms with E-state index < -0.39 is 23.4 Å². The molecule has 3 saturated heterocycles. The molecule has 286 valence electrons. The predicted molar refractivity (Wildman–Crippen MR) is 193 cm³/mol. The Morgan fingerprint density at radius 1 is 1.13 bits per heavy atom. The molecule has 1 amide bonds. The number of rotatable bonds is 6. The van der Waals surface area contributed by atoms with Crippen LogP contribution < -0.4 is 15.4 Å². The highest BCUT2D eigenvalue weighted by atomic mass is 35.5. The zero-order chi connectivity index (χ0) is 37.8. The van der Waals surface area contributed by atoms with Gasteiger partial charge in [0.2, 0.25) is 0 Å². The topological polar surface area (TPSA) is 115 Å². The zero-order valence-corrected chi connectivity index (χ0v) is 30.7. The van der Waals surface area contributed by atoms with E-state index in [9.17, 15) is 22.4 Å². The van der Waals surface area contributed by atoms with E-state index in [-0.39, 0.29) is 60.6 Å². The minimum atomic E-state index is -4.72. The molecule has 0 saturated carbocycles. The summed E-state index contributed by atoms with van der Waals surface area (Å²) in [7, 11) is 0. The van der Waals surface area contributed by atoms with Crippen LogP contribution in [-0.4, -0.2) is 80.3 Å². The van der Waals surface area contributed by atoms with Gasteiger partial charge in [0.05, 0.1) is 53.1 Å². The highest BCUT2D eigenvalue weighted by Crippen LogP contribution is 2.45. The van der Waals surface area contributed by atoms with Crippen molar-refractivity contribution in [2.75, 3.05) is 50.0 Å². The van der Waals surface area contributed by atoms with Crippen molar-refractivity contribution in [2.24, 2.45) is 0 Å². The summed E-state index contributed by atoms with van der Waals surface area (Å²) in [6.45, 7) is 5.62. The summed E-state index contributed by atoms with van der Waals surface area (Å²) in [6.07, 6.45) is -0.268. The monoisotopic (exact) mass is 768 g/mol. The van der Waals surface area contributed by atoms with Gasteiger partial charge in [-0.05, 0) is 75.3 Å². The molecule has 5 aliphatic rings. The van der Waals surface area contributed by atoms with Crippen LogP contribution in [0.15, 0.2) is 24.0 Å². The summed E-state index contributed by atoms with van der Waals surface area (Å²) >= 11 is 6.91. The van der Waals surface area contributed by atoms with Crippen molar-refractivity contribution in [3.63, 3.8) is 0 Å². The van der Waals surface area contributed by atoms with Crippen molar-refractivity contribution >= 4 is 29.0 Å². The van der Waals surface area contributed by atoms with Crippen molar-refractivity contribution < 1.29 is 31.8 Å². The fourth-order valence-corrected chi connectivity index (χ4v) is 9.04. The van der Waals surface area contributed by atoms with Gasteiger partial charge in [-0.3, -0.25) is 14.4 Å². The molecule has 8 rings (SSSR count). The maximum absolute atomic E-state index is 14.6. The lowest BCUT2D eigenvalue weighted by atomic mass is 9.91. The second kappa shape index (κ2) is 14.4. The maximum atomic E-state index is 14.6.